The molecule has 20 heavy (non-hydrogen) atoms. The first-order valence-corrected chi connectivity index (χ1v) is 5.51. The van der Waals surface area contributed by atoms with Gasteiger partial charge in [-0.25, -0.2) is 0 Å². The number of hydrazine groups is 1. The summed E-state index contributed by atoms with van der Waals surface area (Å²) in [6, 6.07) is 5.36. The molecule has 2 aromatic rings. The molecule has 0 unspecified atom stereocenters. The van der Waals surface area contributed by atoms with Crippen molar-refractivity contribution >= 4 is 23.2 Å². The van der Waals surface area contributed by atoms with Gasteiger partial charge >= 0.3 is 0 Å². The normalized spacial score (nSPS) is 10.1. The third kappa shape index (κ3) is 2.72. The van der Waals surface area contributed by atoms with E-state index in [-0.39, 0.29) is 17.1 Å². The molecule has 0 spiro atoms. The Morgan fingerprint density at radius 2 is 2.20 bits per heavy atom. The Balaban J connectivity index is 2.34. The number of anilines is 2. The minimum atomic E-state index is -0.690. The van der Waals surface area contributed by atoms with Gasteiger partial charge in [-0.05, 0) is 19.1 Å². The van der Waals surface area contributed by atoms with Crippen LogP contribution in [0.15, 0.2) is 28.8 Å². The first kappa shape index (κ1) is 13.5. The Morgan fingerprint density at radius 3 is 2.75 bits per heavy atom. The summed E-state index contributed by atoms with van der Waals surface area (Å²) in [7, 11) is 0. The number of nitrogen functional groups attached to an aromatic ring is 1. The SMILES string of the molecule is Cc1cc(NC(=O)c2cc(NN)ccc2[N+](=O)[O-])on1. The number of carbonyl (C=O) groups is 1. The molecular weight excluding hydrogens is 266 g/mol. The minimum Gasteiger partial charge on any atom is -0.338 e. The van der Waals surface area contributed by atoms with Gasteiger partial charge < -0.3 is 9.95 Å². The lowest BCUT2D eigenvalue weighted by atomic mass is 10.1. The van der Waals surface area contributed by atoms with Crippen LogP contribution in [0.5, 0.6) is 0 Å². The maximum atomic E-state index is 12.0. The summed E-state index contributed by atoms with van der Waals surface area (Å²) < 4.78 is 4.82. The van der Waals surface area contributed by atoms with Crippen LogP contribution in [0.25, 0.3) is 0 Å². The van der Waals surface area contributed by atoms with Crippen molar-refractivity contribution in [3.8, 4) is 0 Å². The third-order valence-electron chi connectivity index (χ3n) is 2.47. The molecule has 0 saturated carbocycles. The highest BCUT2D eigenvalue weighted by Crippen LogP contribution is 2.23. The van der Waals surface area contributed by atoms with Crippen LogP contribution in [0, 0.1) is 17.0 Å². The number of benzene rings is 1. The number of nitrogens with zero attached hydrogens (tertiary/aromatic N) is 2. The molecule has 2 rings (SSSR count). The molecule has 9 heteroatoms. The van der Waals surface area contributed by atoms with Crippen molar-refractivity contribution < 1.29 is 14.2 Å². The van der Waals surface area contributed by atoms with Crippen LogP contribution in [0.2, 0.25) is 0 Å². The van der Waals surface area contributed by atoms with Crippen LogP contribution < -0.4 is 16.6 Å². The second kappa shape index (κ2) is 5.36. The average molecular weight is 277 g/mol. The quantitative estimate of drug-likeness (QED) is 0.436. The van der Waals surface area contributed by atoms with Gasteiger partial charge in [-0.3, -0.25) is 26.1 Å². The Morgan fingerprint density at radius 1 is 1.45 bits per heavy atom. The molecule has 1 amide bonds. The van der Waals surface area contributed by atoms with Crippen molar-refractivity contribution in [1.29, 1.82) is 0 Å². The predicted molar refractivity (Wildman–Crippen MR) is 70.1 cm³/mol. The van der Waals surface area contributed by atoms with Gasteiger partial charge in [0.05, 0.1) is 10.6 Å². The average Bonchev–Trinajstić information content (AvgIpc) is 2.83. The fourth-order valence-electron chi connectivity index (χ4n) is 1.57. The van der Waals surface area contributed by atoms with E-state index >= 15 is 0 Å². The van der Waals surface area contributed by atoms with Crippen LogP contribution in [0.4, 0.5) is 17.3 Å². The zero-order valence-corrected chi connectivity index (χ0v) is 10.4. The minimum absolute atomic E-state index is 0.105. The Hall–Kier alpha value is -2.94. The van der Waals surface area contributed by atoms with Crippen molar-refractivity contribution in [2.45, 2.75) is 6.92 Å². The van der Waals surface area contributed by atoms with Gasteiger partial charge in [-0.2, -0.15) is 0 Å². The van der Waals surface area contributed by atoms with Crippen LogP contribution in [-0.2, 0) is 0 Å². The number of aromatic nitrogens is 1. The summed E-state index contributed by atoms with van der Waals surface area (Å²) in [6.45, 7) is 1.68. The summed E-state index contributed by atoms with van der Waals surface area (Å²) in [4.78, 5) is 22.3. The molecule has 0 atom stereocenters. The van der Waals surface area contributed by atoms with Gasteiger partial charge in [0, 0.05) is 17.8 Å². The highest BCUT2D eigenvalue weighted by molar-refractivity contribution is 6.07. The smallest absolute Gasteiger partial charge is 0.282 e. The standard InChI is InChI=1S/C11H11N5O4/c1-6-4-10(20-15-6)13-11(17)8-5-7(14-12)2-3-9(8)16(18)19/h2-5,14H,12H2,1H3,(H,13,17). The molecule has 0 bridgehead atoms. The molecule has 1 aromatic heterocycles. The van der Waals surface area contributed by atoms with Gasteiger partial charge in [-0.15, -0.1) is 0 Å². The van der Waals surface area contributed by atoms with E-state index < -0.39 is 10.8 Å². The molecule has 1 heterocycles. The molecule has 104 valence electrons. The zero-order valence-electron chi connectivity index (χ0n) is 10.4. The molecule has 0 radical (unpaired) electrons. The summed E-state index contributed by atoms with van der Waals surface area (Å²) in [6.07, 6.45) is 0. The number of aryl methyl sites for hydroxylation is 1. The number of hydrogen-bond donors (Lipinski definition) is 3. The first-order valence-electron chi connectivity index (χ1n) is 5.51. The molecule has 9 nitrogen and oxygen atoms in total. The molecule has 0 aliphatic rings. The van der Waals surface area contributed by atoms with Crippen molar-refractivity contribution in [2.24, 2.45) is 5.84 Å². The summed E-state index contributed by atoms with van der Waals surface area (Å²) >= 11 is 0. The van der Waals surface area contributed by atoms with E-state index in [1.165, 1.54) is 24.3 Å². The summed E-state index contributed by atoms with van der Waals surface area (Å²) in [5.41, 5.74) is 2.79. The second-order valence-electron chi connectivity index (χ2n) is 3.92. The lowest BCUT2D eigenvalue weighted by molar-refractivity contribution is -0.385. The number of carbonyl (C=O) groups excluding carboxylic acids is 1. The van der Waals surface area contributed by atoms with E-state index in [0.29, 0.717) is 11.4 Å². The Bertz CT molecular complexity index is 667. The number of rotatable bonds is 4. The molecule has 0 fully saturated rings. The maximum absolute atomic E-state index is 12.0. The van der Waals surface area contributed by atoms with Crippen molar-refractivity contribution in [1.82, 2.24) is 5.16 Å². The Kier molecular flexibility index (Phi) is 3.62. The first-order chi connectivity index (χ1) is 9.51. The highest BCUT2D eigenvalue weighted by atomic mass is 16.6. The van der Waals surface area contributed by atoms with E-state index in [1.807, 2.05) is 0 Å². The zero-order chi connectivity index (χ0) is 14.7. The number of nitro benzene ring substituents is 1. The third-order valence-corrected chi connectivity index (χ3v) is 2.47. The van der Waals surface area contributed by atoms with Gasteiger partial charge in [0.25, 0.3) is 11.6 Å². The fourth-order valence-corrected chi connectivity index (χ4v) is 1.57. The lowest BCUT2D eigenvalue weighted by Gasteiger charge is -2.05. The second-order valence-corrected chi connectivity index (χ2v) is 3.92. The summed E-state index contributed by atoms with van der Waals surface area (Å²) in [5, 5.41) is 16.9. The van der Waals surface area contributed by atoms with Gasteiger partial charge in [0.1, 0.15) is 5.56 Å². The largest absolute Gasteiger partial charge is 0.338 e. The van der Waals surface area contributed by atoms with E-state index in [4.69, 9.17) is 10.4 Å². The number of nitrogens with two attached hydrogens (primary N) is 1. The maximum Gasteiger partial charge on any atom is 0.282 e. The lowest BCUT2D eigenvalue weighted by Crippen LogP contribution is -2.15. The number of hydrogen-bond acceptors (Lipinski definition) is 7. The van der Waals surface area contributed by atoms with Crippen molar-refractivity contribution in [3.63, 3.8) is 0 Å². The van der Waals surface area contributed by atoms with Crippen LogP contribution in [-0.4, -0.2) is 16.0 Å². The predicted octanol–water partition coefficient (Wildman–Crippen LogP) is 1.43. The van der Waals surface area contributed by atoms with Gasteiger partial charge in [-0.1, -0.05) is 5.16 Å². The molecule has 0 aliphatic carbocycles. The van der Waals surface area contributed by atoms with Crippen molar-refractivity contribution in [3.05, 3.63) is 45.6 Å². The number of amides is 1. The Labute approximate surface area is 112 Å². The van der Waals surface area contributed by atoms with Gasteiger partial charge in [0.15, 0.2) is 0 Å². The van der Waals surface area contributed by atoms with E-state index in [9.17, 15) is 14.9 Å². The van der Waals surface area contributed by atoms with E-state index in [0.717, 1.165) is 0 Å². The topological polar surface area (TPSA) is 136 Å². The van der Waals surface area contributed by atoms with Crippen molar-refractivity contribution in [2.75, 3.05) is 10.7 Å². The van der Waals surface area contributed by atoms with E-state index in [2.05, 4.69) is 15.9 Å². The molecule has 0 saturated heterocycles. The van der Waals surface area contributed by atoms with Crippen LogP contribution >= 0.6 is 0 Å². The molecule has 4 N–H and O–H groups in total. The monoisotopic (exact) mass is 277 g/mol. The number of nitro groups is 1. The molecular formula is C11H11N5O4. The molecule has 0 aliphatic heterocycles. The molecule has 1 aromatic carbocycles. The van der Waals surface area contributed by atoms with Gasteiger partial charge in [0.2, 0.25) is 5.88 Å². The van der Waals surface area contributed by atoms with Crippen LogP contribution in [0.3, 0.4) is 0 Å². The summed E-state index contributed by atoms with van der Waals surface area (Å²) in [5.74, 6) is 4.64. The van der Waals surface area contributed by atoms with E-state index in [1.54, 1.807) is 6.92 Å². The number of nitrogens with one attached hydrogen (secondary N) is 2. The van der Waals surface area contributed by atoms with Crippen LogP contribution in [0.1, 0.15) is 16.1 Å². The highest BCUT2D eigenvalue weighted by Gasteiger charge is 2.21. The fraction of sp³-hybridized carbons (Fsp3) is 0.0909.